The lowest BCUT2D eigenvalue weighted by Crippen LogP contribution is -2.28. The summed E-state index contributed by atoms with van der Waals surface area (Å²) in [6, 6.07) is 9.70. The summed E-state index contributed by atoms with van der Waals surface area (Å²) in [6.07, 6.45) is 0. The van der Waals surface area contributed by atoms with E-state index in [0.29, 0.717) is 6.54 Å². The Hall–Kier alpha value is -1.42. The fourth-order valence-corrected chi connectivity index (χ4v) is 1.53. The molecular formula is C10H9NO2S. The molecule has 14 heavy (non-hydrogen) atoms. The van der Waals surface area contributed by atoms with Gasteiger partial charge in [0, 0.05) is 0 Å². The second kappa shape index (κ2) is 3.75. The maximum absolute atomic E-state index is 11.3. The molecule has 0 spiro atoms. The lowest BCUT2D eigenvalue weighted by Gasteiger charge is -2.12. The van der Waals surface area contributed by atoms with Gasteiger partial charge in [0.05, 0.1) is 6.54 Å². The van der Waals surface area contributed by atoms with Crippen molar-refractivity contribution in [3.63, 3.8) is 0 Å². The molecule has 0 saturated carbocycles. The summed E-state index contributed by atoms with van der Waals surface area (Å²) in [5, 5.41) is 0.277. The summed E-state index contributed by atoms with van der Waals surface area (Å²) in [6.45, 7) is 0.574. The number of nitrogens with zero attached hydrogens (tertiary/aromatic N) is 1. The Morgan fingerprint density at radius 2 is 2.07 bits per heavy atom. The molecule has 1 aromatic rings. The molecule has 2 rings (SSSR count). The van der Waals surface area contributed by atoms with Crippen molar-refractivity contribution in [1.82, 2.24) is 4.90 Å². The molecule has 0 unspecified atom stereocenters. The Bertz CT molecular complexity index is 348. The minimum absolute atomic E-state index is 0.0705. The minimum Gasteiger partial charge on any atom is -0.460 e. The molecule has 1 fully saturated rings. The number of thiocarbonyl (C=S) groups is 1. The van der Waals surface area contributed by atoms with Crippen molar-refractivity contribution in [2.45, 2.75) is 6.54 Å². The van der Waals surface area contributed by atoms with Crippen molar-refractivity contribution in [1.29, 1.82) is 0 Å². The van der Waals surface area contributed by atoms with Crippen LogP contribution in [0.5, 0.6) is 0 Å². The van der Waals surface area contributed by atoms with Gasteiger partial charge in [-0.25, -0.2) is 0 Å². The summed E-state index contributed by atoms with van der Waals surface area (Å²) in [7, 11) is 0. The van der Waals surface area contributed by atoms with E-state index < -0.39 is 0 Å². The lowest BCUT2D eigenvalue weighted by atomic mass is 10.2. The van der Waals surface area contributed by atoms with E-state index in [0.717, 1.165) is 5.56 Å². The van der Waals surface area contributed by atoms with Crippen LogP contribution in [0.15, 0.2) is 30.3 Å². The number of benzene rings is 1. The van der Waals surface area contributed by atoms with Crippen LogP contribution in [-0.4, -0.2) is 22.6 Å². The molecule has 0 aromatic heterocycles. The van der Waals surface area contributed by atoms with E-state index in [9.17, 15) is 4.79 Å². The van der Waals surface area contributed by atoms with Crippen LogP contribution in [-0.2, 0) is 16.1 Å². The van der Waals surface area contributed by atoms with Gasteiger partial charge in [0.15, 0.2) is 6.61 Å². The quantitative estimate of drug-likeness (QED) is 0.685. The standard InChI is InChI=1S/C10H9NO2S/c12-9-7-13-10(14)11(9)6-8-4-2-1-3-5-8/h1-5H,6-7H2. The number of hydrogen-bond donors (Lipinski definition) is 0. The molecule has 0 N–H and O–H groups in total. The first-order valence-electron chi connectivity index (χ1n) is 4.28. The Morgan fingerprint density at radius 3 is 2.64 bits per heavy atom. The normalized spacial score (nSPS) is 15.9. The monoisotopic (exact) mass is 207 g/mol. The van der Waals surface area contributed by atoms with E-state index in [-0.39, 0.29) is 17.7 Å². The van der Waals surface area contributed by atoms with Gasteiger partial charge in [0.1, 0.15) is 0 Å². The summed E-state index contributed by atoms with van der Waals surface area (Å²) in [4.78, 5) is 12.8. The third kappa shape index (κ3) is 1.75. The second-order valence-corrected chi connectivity index (χ2v) is 3.37. The molecule has 0 aliphatic carbocycles. The zero-order valence-electron chi connectivity index (χ0n) is 7.47. The fraction of sp³-hybridized carbons (Fsp3) is 0.200. The van der Waals surface area contributed by atoms with Gasteiger partial charge in [-0.1, -0.05) is 30.3 Å². The van der Waals surface area contributed by atoms with Crippen molar-refractivity contribution in [3.05, 3.63) is 35.9 Å². The maximum atomic E-state index is 11.3. The van der Waals surface area contributed by atoms with Gasteiger partial charge in [0.2, 0.25) is 0 Å². The number of carbonyl (C=O) groups is 1. The molecule has 0 atom stereocenters. The van der Waals surface area contributed by atoms with Gasteiger partial charge >= 0.3 is 0 Å². The van der Waals surface area contributed by atoms with Crippen LogP contribution in [0.25, 0.3) is 0 Å². The number of hydrogen-bond acceptors (Lipinski definition) is 3. The first-order valence-corrected chi connectivity index (χ1v) is 4.69. The van der Waals surface area contributed by atoms with Crippen LogP contribution in [0.3, 0.4) is 0 Å². The molecule has 1 aromatic carbocycles. The molecule has 1 aliphatic rings. The smallest absolute Gasteiger partial charge is 0.268 e. The predicted octanol–water partition coefficient (Wildman–Crippen LogP) is 1.33. The number of amides is 1. The van der Waals surface area contributed by atoms with Crippen molar-refractivity contribution in [2.75, 3.05) is 6.61 Å². The third-order valence-corrected chi connectivity index (χ3v) is 2.36. The van der Waals surface area contributed by atoms with Crippen molar-refractivity contribution >= 4 is 23.3 Å². The average molecular weight is 207 g/mol. The van der Waals surface area contributed by atoms with E-state index in [4.69, 9.17) is 17.0 Å². The Labute approximate surface area is 87.3 Å². The molecule has 1 amide bonds. The largest absolute Gasteiger partial charge is 0.460 e. The van der Waals surface area contributed by atoms with Crippen LogP contribution >= 0.6 is 12.2 Å². The molecule has 4 heteroatoms. The summed E-state index contributed by atoms with van der Waals surface area (Å²) in [5.74, 6) is -0.0705. The maximum Gasteiger partial charge on any atom is 0.268 e. The zero-order valence-corrected chi connectivity index (χ0v) is 8.29. The van der Waals surface area contributed by atoms with Crippen LogP contribution < -0.4 is 0 Å². The van der Waals surface area contributed by atoms with Crippen LogP contribution in [0.4, 0.5) is 0 Å². The second-order valence-electron chi connectivity index (χ2n) is 3.02. The van der Waals surface area contributed by atoms with E-state index >= 15 is 0 Å². The van der Waals surface area contributed by atoms with Crippen molar-refractivity contribution < 1.29 is 9.53 Å². The first-order chi connectivity index (χ1) is 6.77. The van der Waals surface area contributed by atoms with Crippen molar-refractivity contribution in [3.8, 4) is 0 Å². The molecule has 1 aliphatic heterocycles. The minimum atomic E-state index is -0.0705. The molecule has 0 bridgehead atoms. The van der Waals surface area contributed by atoms with E-state index in [1.165, 1.54) is 4.90 Å². The summed E-state index contributed by atoms with van der Waals surface area (Å²) >= 11 is 4.90. The van der Waals surface area contributed by atoms with E-state index in [1.54, 1.807) is 0 Å². The Morgan fingerprint density at radius 1 is 1.36 bits per heavy atom. The van der Waals surface area contributed by atoms with E-state index in [2.05, 4.69) is 0 Å². The van der Waals surface area contributed by atoms with Crippen LogP contribution in [0, 0.1) is 0 Å². The predicted molar refractivity (Wildman–Crippen MR) is 55.5 cm³/mol. The van der Waals surface area contributed by atoms with Gasteiger partial charge in [-0.2, -0.15) is 0 Å². The Balaban J connectivity index is 2.11. The number of ether oxygens (including phenoxy) is 1. The van der Waals surface area contributed by atoms with Crippen LogP contribution in [0.1, 0.15) is 5.56 Å². The highest BCUT2D eigenvalue weighted by Gasteiger charge is 2.27. The molecule has 1 heterocycles. The van der Waals surface area contributed by atoms with Crippen LogP contribution in [0.2, 0.25) is 0 Å². The average Bonchev–Trinajstić information content (AvgIpc) is 2.51. The zero-order chi connectivity index (χ0) is 9.97. The molecule has 72 valence electrons. The highest BCUT2D eigenvalue weighted by molar-refractivity contribution is 7.80. The topological polar surface area (TPSA) is 29.5 Å². The number of carbonyl (C=O) groups excluding carboxylic acids is 1. The third-order valence-electron chi connectivity index (χ3n) is 2.02. The fourth-order valence-electron chi connectivity index (χ4n) is 1.30. The molecule has 1 saturated heterocycles. The van der Waals surface area contributed by atoms with E-state index in [1.807, 2.05) is 30.3 Å². The lowest BCUT2D eigenvalue weighted by molar-refractivity contribution is -0.126. The SMILES string of the molecule is O=C1COC(=S)N1Cc1ccccc1. The highest BCUT2D eigenvalue weighted by Crippen LogP contribution is 2.11. The van der Waals surface area contributed by atoms with Gasteiger partial charge < -0.3 is 4.74 Å². The van der Waals surface area contributed by atoms with Gasteiger partial charge in [-0.15, -0.1) is 0 Å². The molecule has 0 radical (unpaired) electrons. The summed E-state index contributed by atoms with van der Waals surface area (Å²) in [5.41, 5.74) is 1.05. The molecule has 3 nitrogen and oxygen atoms in total. The van der Waals surface area contributed by atoms with Gasteiger partial charge in [0.25, 0.3) is 11.1 Å². The highest BCUT2D eigenvalue weighted by atomic mass is 32.1. The van der Waals surface area contributed by atoms with Gasteiger partial charge in [-0.3, -0.25) is 9.69 Å². The van der Waals surface area contributed by atoms with Gasteiger partial charge in [-0.05, 0) is 17.8 Å². The number of rotatable bonds is 2. The first kappa shape index (κ1) is 9.15. The van der Waals surface area contributed by atoms with Crippen molar-refractivity contribution in [2.24, 2.45) is 0 Å². The summed E-state index contributed by atoms with van der Waals surface area (Å²) < 4.78 is 4.96. The molecular weight excluding hydrogens is 198 g/mol. The Kier molecular flexibility index (Phi) is 2.45.